The molecule has 1 heteroatoms. The summed E-state index contributed by atoms with van der Waals surface area (Å²) in [5, 5.41) is 0. The molecule has 0 aromatic rings. The Hall–Kier alpha value is -0.195. The Balaban J connectivity index is 2.31. The van der Waals surface area contributed by atoms with Crippen molar-refractivity contribution >= 4 is 7.28 Å². The van der Waals surface area contributed by atoms with E-state index in [1.54, 1.807) is 5.57 Å². The van der Waals surface area contributed by atoms with Gasteiger partial charge in [-0.1, -0.05) is 44.1 Å². The first-order valence-electron chi connectivity index (χ1n) is 5.28. The van der Waals surface area contributed by atoms with Gasteiger partial charge in [-0.3, -0.25) is 0 Å². The molecule has 1 aliphatic carbocycles. The standard InChI is InChI=1S/C11H20B/c1-10(9-12-2)8-11-6-4-3-5-7-11/h8,11H,3-7,9H2,1-2H3/b10-8+. The molecule has 1 radical (unpaired) electrons. The van der Waals surface area contributed by atoms with E-state index in [4.69, 9.17) is 0 Å². The third-order valence-corrected chi connectivity index (χ3v) is 2.70. The largest absolute Gasteiger partial charge is 0.111 e. The highest BCUT2D eigenvalue weighted by atomic mass is 14.2. The molecule has 0 unspecified atom stereocenters. The Morgan fingerprint density at radius 1 is 1.33 bits per heavy atom. The summed E-state index contributed by atoms with van der Waals surface area (Å²) in [4.78, 5) is 0. The van der Waals surface area contributed by atoms with E-state index in [-0.39, 0.29) is 0 Å². The van der Waals surface area contributed by atoms with Crippen LogP contribution in [-0.2, 0) is 0 Å². The van der Waals surface area contributed by atoms with Crippen LogP contribution >= 0.6 is 0 Å². The third kappa shape index (κ3) is 3.47. The van der Waals surface area contributed by atoms with Gasteiger partial charge in [-0.05, 0) is 25.7 Å². The maximum Gasteiger partial charge on any atom is 0.111 e. The van der Waals surface area contributed by atoms with E-state index < -0.39 is 0 Å². The summed E-state index contributed by atoms with van der Waals surface area (Å²) in [6.07, 6.45) is 10.9. The minimum Gasteiger partial charge on any atom is -0.0917 e. The smallest absolute Gasteiger partial charge is 0.0917 e. The highest BCUT2D eigenvalue weighted by Gasteiger charge is 2.10. The van der Waals surface area contributed by atoms with Gasteiger partial charge >= 0.3 is 0 Å². The van der Waals surface area contributed by atoms with E-state index in [0.29, 0.717) is 0 Å². The molecule has 0 amide bonds. The Bertz CT molecular complexity index is 143. The average molecular weight is 163 g/mol. The number of hydrogen-bond donors (Lipinski definition) is 0. The molecular formula is C11H20B. The molecule has 1 saturated carbocycles. The highest BCUT2D eigenvalue weighted by molar-refractivity contribution is 6.34. The first kappa shape index (κ1) is 9.89. The Morgan fingerprint density at radius 3 is 2.58 bits per heavy atom. The van der Waals surface area contributed by atoms with Crippen molar-refractivity contribution in [3.05, 3.63) is 11.6 Å². The van der Waals surface area contributed by atoms with Crippen LogP contribution in [0.5, 0.6) is 0 Å². The first-order valence-corrected chi connectivity index (χ1v) is 5.28. The van der Waals surface area contributed by atoms with Crippen molar-refractivity contribution in [2.45, 2.75) is 52.2 Å². The van der Waals surface area contributed by atoms with Crippen molar-refractivity contribution in [2.24, 2.45) is 5.92 Å². The first-order chi connectivity index (χ1) is 5.83. The molecule has 67 valence electrons. The molecule has 0 bridgehead atoms. The van der Waals surface area contributed by atoms with Crippen molar-refractivity contribution in [3.8, 4) is 0 Å². The third-order valence-electron chi connectivity index (χ3n) is 2.70. The Labute approximate surface area is 77.7 Å². The van der Waals surface area contributed by atoms with Crippen molar-refractivity contribution in [1.82, 2.24) is 0 Å². The van der Waals surface area contributed by atoms with Gasteiger partial charge in [-0.25, -0.2) is 0 Å². The molecule has 12 heavy (non-hydrogen) atoms. The molecule has 0 heterocycles. The Kier molecular flexibility index (Phi) is 4.49. The number of allylic oxidation sites excluding steroid dienone is 2. The molecule has 0 nitrogen and oxygen atoms in total. The van der Waals surface area contributed by atoms with Crippen LogP contribution in [0.4, 0.5) is 0 Å². The van der Waals surface area contributed by atoms with Gasteiger partial charge in [0, 0.05) is 0 Å². The van der Waals surface area contributed by atoms with Crippen LogP contribution < -0.4 is 0 Å². The van der Waals surface area contributed by atoms with E-state index in [9.17, 15) is 0 Å². The van der Waals surface area contributed by atoms with Gasteiger partial charge in [0.05, 0.1) is 0 Å². The van der Waals surface area contributed by atoms with Crippen LogP contribution in [0.15, 0.2) is 11.6 Å². The topological polar surface area (TPSA) is 0 Å². The summed E-state index contributed by atoms with van der Waals surface area (Å²) in [6.45, 7) is 4.40. The average Bonchev–Trinajstić information content (AvgIpc) is 2.06. The molecule has 0 saturated heterocycles. The van der Waals surface area contributed by atoms with Crippen LogP contribution in [0.1, 0.15) is 39.0 Å². The maximum absolute atomic E-state index is 2.50. The molecule has 1 aliphatic rings. The van der Waals surface area contributed by atoms with Crippen molar-refractivity contribution in [1.29, 1.82) is 0 Å². The van der Waals surface area contributed by atoms with Crippen LogP contribution in [0.25, 0.3) is 0 Å². The van der Waals surface area contributed by atoms with Gasteiger partial charge in [0.15, 0.2) is 0 Å². The Morgan fingerprint density at radius 2 is 2.00 bits per heavy atom. The zero-order chi connectivity index (χ0) is 8.81. The van der Waals surface area contributed by atoms with Gasteiger partial charge in [0.2, 0.25) is 0 Å². The fraction of sp³-hybridized carbons (Fsp3) is 0.818. The molecule has 1 rings (SSSR count). The lowest BCUT2D eigenvalue weighted by Gasteiger charge is -2.18. The fourth-order valence-corrected chi connectivity index (χ4v) is 2.09. The minimum absolute atomic E-state index is 0.902. The van der Waals surface area contributed by atoms with Gasteiger partial charge in [0.1, 0.15) is 7.28 Å². The molecule has 0 N–H and O–H groups in total. The maximum atomic E-state index is 2.50. The number of rotatable bonds is 3. The van der Waals surface area contributed by atoms with Crippen LogP contribution in [0, 0.1) is 5.92 Å². The van der Waals surface area contributed by atoms with E-state index in [2.05, 4.69) is 27.1 Å². The highest BCUT2D eigenvalue weighted by Crippen LogP contribution is 2.25. The van der Waals surface area contributed by atoms with E-state index in [0.717, 1.165) is 5.92 Å². The second kappa shape index (κ2) is 5.45. The normalized spacial score (nSPS) is 21.0. The lowest BCUT2D eigenvalue weighted by atomic mass is 9.74. The van der Waals surface area contributed by atoms with Gasteiger partial charge in [-0.2, -0.15) is 0 Å². The molecule has 0 atom stereocenters. The van der Waals surface area contributed by atoms with Gasteiger partial charge in [0.25, 0.3) is 0 Å². The van der Waals surface area contributed by atoms with Crippen molar-refractivity contribution < 1.29 is 0 Å². The van der Waals surface area contributed by atoms with Crippen LogP contribution in [0.3, 0.4) is 0 Å². The van der Waals surface area contributed by atoms with Gasteiger partial charge < -0.3 is 0 Å². The molecule has 1 fully saturated rings. The van der Waals surface area contributed by atoms with E-state index in [1.165, 1.54) is 38.4 Å². The summed E-state index contributed by atoms with van der Waals surface area (Å²) in [5.74, 6) is 0.902. The van der Waals surface area contributed by atoms with E-state index >= 15 is 0 Å². The summed E-state index contributed by atoms with van der Waals surface area (Å²) >= 11 is 0. The summed E-state index contributed by atoms with van der Waals surface area (Å²) in [5.41, 5.74) is 1.56. The molecular weight excluding hydrogens is 143 g/mol. The molecule has 0 spiro atoms. The van der Waals surface area contributed by atoms with Crippen LogP contribution in [0.2, 0.25) is 13.1 Å². The predicted molar refractivity (Wildman–Crippen MR) is 56.8 cm³/mol. The quantitative estimate of drug-likeness (QED) is 0.439. The van der Waals surface area contributed by atoms with E-state index in [1.807, 2.05) is 0 Å². The summed E-state index contributed by atoms with van der Waals surface area (Å²) in [7, 11) is 2.24. The summed E-state index contributed by atoms with van der Waals surface area (Å²) in [6, 6.07) is 0. The predicted octanol–water partition coefficient (Wildman–Crippen LogP) is 3.68. The number of hydrogen-bond acceptors (Lipinski definition) is 0. The van der Waals surface area contributed by atoms with Gasteiger partial charge in [-0.15, -0.1) is 0 Å². The second-order valence-electron chi connectivity index (χ2n) is 4.02. The lowest BCUT2D eigenvalue weighted by Crippen LogP contribution is -2.03. The fourth-order valence-electron chi connectivity index (χ4n) is 2.09. The minimum atomic E-state index is 0.902. The second-order valence-corrected chi connectivity index (χ2v) is 4.02. The SMILES string of the molecule is C[B]C/C(C)=C/C1CCCCC1. The van der Waals surface area contributed by atoms with Crippen molar-refractivity contribution in [2.75, 3.05) is 0 Å². The molecule has 0 aromatic carbocycles. The monoisotopic (exact) mass is 163 g/mol. The molecule has 0 aromatic heterocycles. The zero-order valence-electron chi connectivity index (χ0n) is 8.47. The summed E-state index contributed by atoms with van der Waals surface area (Å²) < 4.78 is 0. The lowest BCUT2D eigenvalue weighted by molar-refractivity contribution is 0.418. The van der Waals surface area contributed by atoms with Crippen molar-refractivity contribution in [3.63, 3.8) is 0 Å². The molecule has 0 aliphatic heterocycles. The zero-order valence-corrected chi connectivity index (χ0v) is 8.47. The van der Waals surface area contributed by atoms with Crippen LogP contribution in [-0.4, -0.2) is 7.28 Å².